The highest BCUT2D eigenvalue weighted by Gasteiger charge is 2.20. The Kier molecular flexibility index (Phi) is 4.89. The number of furan rings is 1. The van der Waals surface area contributed by atoms with Crippen molar-refractivity contribution >= 4 is 11.6 Å². The number of hydrogen-bond acceptors (Lipinski definition) is 3. The van der Waals surface area contributed by atoms with Crippen molar-refractivity contribution in [2.45, 2.75) is 39.7 Å². The molecule has 0 aliphatic heterocycles. The van der Waals surface area contributed by atoms with Gasteiger partial charge in [0.2, 0.25) is 0 Å². The zero-order valence-corrected chi connectivity index (χ0v) is 13.3. The molecular weight excluding hydrogens is 274 g/mol. The Labute approximate surface area is 125 Å². The van der Waals surface area contributed by atoms with Crippen molar-refractivity contribution in [2.24, 2.45) is 7.05 Å². The third-order valence-corrected chi connectivity index (χ3v) is 3.90. The summed E-state index contributed by atoms with van der Waals surface area (Å²) in [6.45, 7) is 6.98. The summed E-state index contributed by atoms with van der Waals surface area (Å²) in [5, 5.41) is 8.64. The van der Waals surface area contributed by atoms with Crippen molar-refractivity contribution in [1.29, 1.82) is 0 Å². The van der Waals surface area contributed by atoms with Crippen molar-refractivity contribution in [3.05, 3.63) is 40.1 Å². The molecule has 0 saturated carbocycles. The van der Waals surface area contributed by atoms with Gasteiger partial charge in [-0.15, -0.1) is 0 Å². The van der Waals surface area contributed by atoms with Crippen LogP contribution in [0.15, 0.2) is 16.5 Å². The molecule has 0 fully saturated rings. The van der Waals surface area contributed by atoms with Gasteiger partial charge in [0.05, 0.1) is 22.5 Å². The molecule has 2 rings (SSSR count). The van der Waals surface area contributed by atoms with Gasteiger partial charge in [-0.3, -0.25) is 4.68 Å². The molecule has 1 N–H and O–H groups in total. The third-order valence-electron chi connectivity index (χ3n) is 3.40. The standard InChI is InChI=1S/C15H22ClN3O/c1-5-8-17-12(14-7-6-10(2)20-14)9-13-15(16)11(3)18-19(13)4/h6-7,12,17H,5,8-9H2,1-4H3. The molecule has 1 atom stereocenters. The molecule has 2 heterocycles. The summed E-state index contributed by atoms with van der Waals surface area (Å²) < 4.78 is 7.62. The van der Waals surface area contributed by atoms with Crippen LogP contribution < -0.4 is 5.32 Å². The lowest BCUT2D eigenvalue weighted by Crippen LogP contribution is -2.24. The minimum absolute atomic E-state index is 0.121. The van der Waals surface area contributed by atoms with Gasteiger partial charge in [-0.25, -0.2) is 0 Å². The van der Waals surface area contributed by atoms with E-state index in [0.717, 1.165) is 47.3 Å². The molecule has 0 radical (unpaired) electrons. The van der Waals surface area contributed by atoms with Crippen LogP contribution in [0, 0.1) is 13.8 Å². The number of nitrogens with zero attached hydrogens (tertiary/aromatic N) is 2. The minimum Gasteiger partial charge on any atom is -0.465 e. The topological polar surface area (TPSA) is 43.0 Å². The van der Waals surface area contributed by atoms with Crippen LogP contribution in [-0.4, -0.2) is 16.3 Å². The van der Waals surface area contributed by atoms with Crippen molar-refractivity contribution in [1.82, 2.24) is 15.1 Å². The Hall–Kier alpha value is -1.26. The van der Waals surface area contributed by atoms with Crippen molar-refractivity contribution < 1.29 is 4.42 Å². The first-order valence-corrected chi connectivity index (χ1v) is 7.38. The van der Waals surface area contributed by atoms with E-state index in [4.69, 9.17) is 16.0 Å². The largest absolute Gasteiger partial charge is 0.465 e. The minimum atomic E-state index is 0.121. The third kappa shape index (κ3) is 3.25. The number of halogens is 1. The number of rotatable bonds is 6. The van der Waals surface area contributed by atoms with Gasteiger partial charge in [0.15, 0.2) is 0 Å². The molecule has 5 heteroatoms. The number of aromatic nitrogens is 2. The quantitative estimate of drug-likeness (QED) is 0.886. The molecule has 0 spiro atoms. The molecule has 0 bridgehead atoms. The second-order valence-corrected chi connectivity index (χ2v) is 5.51. The van der Waals surface area contributed by atoms with E-state index in [1.807, 2.05) is 37.7 Å². The molecule has 2 aromatic rings. The fraction of sp³-hybridized carbons (Fsp3) is 0.533. The maximum Gasteiger partial charge on any atom is 0.121 e. The molecule has 0 aliphatic carbocycles. The van der Waals surface area contributed by atoms with Gasteiger partial charge in [-0.05, 0) is 38.9 Å². The number of nitrogens with one attached hydrogen (secondary N) is 1. The molecule has 0 saturated heterocycles. The predicted molar refractivity (Wildman–Crippen MR) is 81.1 cm³/mol. The highest BCUT2D eigenvalue weighted by atomic mass is 35.5. The summed E-state index contributed by atoms with van der Waals surface area (Å²) in [4.78, 5) is 0. The Morgan fingerprint density at radius 1 is 1.40 bits per heavy atom. The van der Waals surface area contributed by atoms with E-state index in [1.54, 1.807) is 0 Å². The van der Waals surface area contributed by atoms with Crippen molar-refractivity contribution in [2.75, 3.05) is 6.54 Å². The highest BCUT2D eigenvalue weighted by Crippen LogP contribution is 2.26. The molecule has 20 heavy (non-hydrogen) atoms. The molecule has 0 aromatic carbocycles. The zero-order valence-electron chi connectivity index (χ0n) is 12.5. The van der Waals surface area contributed by atoms with E-state index in [-0.39, 0.29) is 6.04 Å². The first-order chi connectivity index (χ1) is 9.52. The first kappa shape index (κ1) is 15.1. The lowest BCUT2D eigenvalue weighted by atomic mass is 10.1. The van der Waals surface area contributed by atoms with Gasteiger partial charge in [-0.2, -0.15) is 5.10 Å². The van der Waals surface area contributed by atoms with Crippen LogP contribution in [0.3, 0.4) is 0 Å². The van der Waals surface area contributed by atoms with Crippen molar-refractivity contribution in [3.8, 4) is 0 Å². The summed E-state index contributed by atoms with van der Waals surface area (Å²) >= 11 is 6.34. The maximum atomic E-state index is 6.34. The lowest BCUT2D eigenvalue weighted by Gasteiger charge is -2.16. The van der Waals surface area contributed by atoms with Crippen LogP contribution in [0.2, 0.25) is 5.02 Å². The van der Waals surface area contributed by atoms with Gasteiger partial charge in [-0.1, -0.05) is 18.5 Å². The van der Waals surface area contributed by atoms with Crippen LogP contribution in [-0.2, 0) is 13.5 Å². The predicted octanol–water partition coefficient (Wildman–Crippen LogP) is 3.57. The smallest absolute Gasteiger partial charge is 0.121 e. The van der Waals surface area contributed by atoms with Crippen LogP contribution >= 0.6 is 11.6 Å². The number of aryl methyl sites for hydroxylation is 3. The normalized spacial score (nSPS) is 12.8. The Morgan fingerprint density at radius 2 is 2.15 bits per heavy atom. The average molecular weight is 296 g/mol. The monoisotopic (exact) mass is 295 g/mol. The summed E-state index contributed by atoms with van der Waals surface area (Å²) in [7, 11) is 1.93. The SMILES string of the molecule is CCCNC(Cc1c(Cl)c(C)nn1C)c1ccc(C)o1. The van der Waals surface area contributed by atoms with Gasteiger partial charge < -0.3 is 9.73 Å². The summed E-state index contributed by atoms with van der Waals surface area (Å²) in [5.41, 5.74) is 1.90. The van der Waals surface area contributed by atoms with Crippen LogP contribution in [0.5, 0.6) is 0 Å². The van der Waals surface area contributed by atoms with Crippen LogP contribution in [0.25, 0.3) is 0 Å². The molecule has 1 unspecified atom stereocenters. The fourth-order valence-corrected chi connectivity index (χ4v) is 2.57. The van der Waals surface area contributed by atoms with Gasteiger partial charge in [0.1, 0.15) is 11.5 Å². The summed E-state index contributed by atoms with van der Waals surface area (Å²) in [5.74, 6) is 1.88. The van der Waals surface area contributed by atoms with E-state index in [1.165, 1.54) is 0 Å². The van der Waals surface area contributed by atoms with E-state index in [2.05, 4.69) is 17.3 Å². The molecular formula is C15H22ClN3O. The second-order valence-electron chi connectivity index (χ2n) is 5.13. The highest BCUT2D eigenvalue weighted by molar-refractivity contribution is 6.31. The van der Waals surface area contributed by atoms with Gasteiger partial charge >= 0.3 is 0 Å². The van der Waals surface area contributed by atoms with E-state index >= 15 is 0 Å². The fourth-order valence-electron chi connectivity index (χ4n) is 2.33. The molecule has 0 aliphatic rings. The second kappa shape index (κ2) is 6.46. The summed E-state index contributed by atoms with van der Waals surface area (Å²) in [6.07, 6.45) is 1.84. The van der Waals surface area contributed by atoms with Crippen LogP contribution in [0.4, 0.5) is 0 Å². The van der Waals surface area contributed by atoms with E-state index < -0.39 is 0 Å². The molecule has 0 amide bonds. The van der Waals surface area contributed by atoms with E-state index in [0.29, 0.717) is 0 Å². The Bertz CT molecular complexity index is 574. The maximum absolute atomic E-state index is 6.34. The van der Waals surface area contributed by atoms with Crippen molar-refractivity contribution in [3.63, 3.8) is 0 Å². The Morgan fingerprint density at radius 3 is 2.65 bits per heavy atom. The Balaban J connectivity index is 2.23. The molecule has 2 aromatic heterocycles. The average Bonchev–Trinajstić information content (AvgIpc) is 2.93. The molecule has 110 valence electrons. The zero-order chi connectivity index (χ0) is 14.7. The van der Waals surface area contributed by atoms with E-state index in [9.17, 15) is 0 Å². The summed E-state index contributed by atoms with van der Waals surface area (Å²) in [6, 6.07) is 4.14. The number of hydrogen-bond donors (Lipinski definition) is 1. The van der Waals surface area contributed by atoms with Gasteiger partial charge in [0.25, 0.3) is 0 Å². The lowest BCUT2D eigenvalue weighted by molar-refractivity contribution is 0.393. The van der Waals surface area contributed by atoms with Crippen LogP contribution in [0.1, 0.15) is 42.3 Å². The first-order valence-electron chi connectivity index (χ1n) is 7.00. The molecule has 4 nitrogen and oxygen atoms in total. The van der Waals surface area contributed by atoms with Gasteiger partial charge in [0, 0.05) is 13.5 Å².